The number of methoxy groups -OCH3 is 1. The number of amides is 1. The molecule has 1 fully saturated rings. The van der Waals surface area contributed by atoms with E-state index in [1.807, 2.05) is 0 Å². The first kappa shape index (κ1) is 14.4. The van der Waals surface area contributed by atoms with Crippen LogP contribution in [-0.2, 0) is 15.1 Å². The second-order valence-electron chi connectivity index (χ2n) is 4.52. The van der Waals surface area contributed by atoms with Crippen LogP contribution in [0.5, 0.6) is 0 Å². The molecule has 1 aliphatic heterocycles. The minimum absolute atomic E-state index is 0.178. The van der Waals surface area contributed by atoms with Gasteiger partial charge in [0.15, 0.2) is 5.96 Å². The monoisotopic (exact) mass is 283 g/mol. The molecule has 0 spiro atoms. The molecule has 1 aromatic carbocycles. The van der Waals surface area contributed by atoms with Gasteiger partial charge in [-0.05, 0) is 19.1 Å². The summed E-state index contributed by atoms with van der Waals surface area (Å²) in [5.41, 5.74) is -1.85. The minimum Gasteiger partial charge on any atom is -0.383 e. The van der Waals surface area contributed by atoms with Crippen molar-refractivity contribution >= 4 is 11.9 Å². The summed E-state index contributed by atoms with van der Waals surface area (Å²) in [6.45, 7) is 2.11. The number of halogens is 2. The van der Waals surface area contributed by atoms with Crippen LogP contribution in [0, 0.1) is 11.6 Å². The molecule has 0 bridgehead atoms. The van der Waals surface area contributed by atoms with Gasteiger partial charge in [0.25, 0.3) is 5.91 Å². The van der Waals surface area contributed by atoms with Gasteiger partial charge in [-0.25, -0.2) is 8.78 Å². The van der Waals surface area contributed by atoms with Crippen LogP contribution in [0.15, 0.2) is 23.2 Å². The van der Waals surface area contributed by atoms with Gasteiger partial charge in [0.2, 0.25) is 0 Å². The van der Waals surface area contributed by atoms with Gasteiger partial charge in [-0.2, -0.15) is 0 Å². The molecule has 0 radical (unpaired) electrons. The Bertz CT molecular complexity index is 542. The van der Waals surface area contributed by atoms with Crippen LogP contribution < -0.4 is 10.6 Å². The fourth-order valence-corrected chi connectivity index (χ4v) is 2.04. The molecule has 1 saturated heterocycles. The lowest BCUT2D eigenvalue weighted by Gasteiger charge is -2.22. The number of nitrogens with zero attached hydrogens (tertiary/aromatic N) is 1. The predicted molar refractivity (Wildman–Crippen MR) is 69.2 cm³/mol. The number of aliphatic imine (C=N–C) groups is 1. The Morgan fingerprint density at radius 3 is 2.60 bits per heavy atom. The van der Waals surface area contributed by atoms with Crippen LogP contribution in [0.3, 0.4) is 0 Å². The molecule has 1 aliphatic rings. The summed E-state index contributed by atoms with van der Waals surface area (Å²) in [6.07, 6.45) is 0. The lowest BCUT2D eigenvalue weighted by Crippen LogP contribution is -2.42. The maximum Gasteiger partial charge on any atom is 0.257 e. The summed E-state index contributed by atoms with van der Waals surface area (Å²) in [6, 6.07) is 3.47. The number of nitrogens with one attached hydrogen (secondary N) is 2. The van der Waals surface area contributed by atoms with Gasteiger partial charge in [-0.1, -0.05) is 6.07 Å². The van der Waals surface area contributed by atoms with Crippen molar-refractivity contribution in [2.75, 3.05) is 20.3 Å². The highest BCUT2D eigenvalue weighted by atomic mass is 19.1. The third kappa shape index (κ3) is 2.49. The SMILES string of the molecule is COCCN=C1NC(=O)C(C)(c2c(F)cccc2F)N1. The van der Waals surface area contributed by atoms with Crippen molar-refractivity contribution < 1.29 is 18.3 Å². The molecule has 108 valence electrons. The smallest absolute Gasteiger partial charge is 0.257 e. The number of guanidine groups is 1. The molecule has 0 aromatic heterocycles. The van der Waals surface area contributed by atoms with Crippen molar-refractivity contribution in [2.24, 2.45) is 4.99 Å². The average molecular weight is 283 g/mol. The number of ether oxygens (including phenoxy) is 1. The van der Waals surface area contributed by atoms with Gasteiger partial charge in [-0.3, -0.25) is 15.1 Å². The van der Waals surface area contributed by atoms with E-state index >= 15 is 0 Å². The van der Waals surface area contributed by atoms with Crippen molar-refractivity contribution in [3.63, 3.8) is 0 Å². The van der Waals surface area contributed by atoms with Gasteiger partial charge in [0, 0.05) is 7.11 Å². The molecule has 1 unspecified atom stereocenters. The van der Waals surface area contributed by atoms with Crippen molar-refractivity contribution in [1.29, 1.82) is 0 Å². The fraction of sp³-hybridized carbons (Fsp3) is 0.385. The maximum atomic E-state index is 13.8. The van der Waals surface area contributed by atoms with E-state index in [-0.39, 0.29) is 11.5 Å². The van der Waals surface area contributed by atoms with Gasteiger partial charge in [-0.15, -0.1) is 0 Å². The third-order valence-corrected chi connectivity index (χ3v) is 3.08. The second kappa shape index (κ2) is 5.54. The summed E-state index contributed by atoms with van der Waals surface area (Å²) < 4.78 is 32.5. The van der Waals surface area contributed by atoms with Crippen LogP contribution in [-0.4, -0.2) is 32.1 Å². The molecule has 5 nitrogen and oxygen atoms in total. The fourth-order valence-electron chi connectivity index (χ4n) is 2.04. The zero-order chi connectivity index (χ0) is 14.8. The topological polar surface area (TPSA) is 62.7 Å². The molecular formula is C13H15F2N3O2. The number of carbonyl (C=O) groups excluding carboxylic acids is 1. The van der Waals surface area contributed by atoms with E-state index < -0.39 is 23.1 Å². The maximum absolute atomic E-state index is 13.8. The van der Waals surface area contributed by atoms with Crippen molar-refractivity contribution in [3.05, 3.63) is 35.4 Å². The first-order valence-corrected chi connectivity index (χ1v) is 6.06. The first-order valence-electron chi connectivity index (χ1n) is 6.06. The number of hydrogen-bond acceptors (Lipinski definition) is 3. The van der Waals surface area contributed by atoms with Gasteiger partial charge < -0.3 is 10.1 Å². The van der Waals surface area contributed by atoms with Crippen LogP contribution in [0.1, 0.15) is 12.5 Å². The summed E-state index contributed by atoms with van der Waals surface area (Å²) in [7, 11) is 1.53. The zero-order valence-electron chi connectivity index (χ0n) is 11.2. The van der Waals surface area contributed by atoms with Gasteiger partial charge >= 0.3 is 0 Å². The number of carbonyl (C=O) groups is 1. The molecule has 1 amide bonds. The van der Waals surface area contributed by atoms with E-state index in [0.29, 0.717) is 13.2 Å². The molecule has 1 atom stereocenters. The van der Waals surface area contributed by atoms with Crippen molar-refractivity contribution in [2.45, 2.75) is 12.5 Å². The molecule has 0 aliphatic carbocycles. The zero-order valence-corrected chi connectivity index (χ0v) is 11.2. The van der Waals surface area contributed by atoms with Gasteiger partial charge in [0.1, 0.15) is 17.2 Å². The molecule has 1 aromatic rings. The highest BCUT2D eigenvalue weighted by molar-refractivity contribution is 6.09. The Labute approximate surface area is 115 Å². The average Bonchev–Trinajstić information content (AvgIpc) is 2.65. The molecule has 1 heterocycles. The number of rotatable bonds is 4. The summed E-state index contributed by atoms with van der Waals surface area (Å²) in [5, 5.41) is 5.20. The van der Waals surface area contributed by atoms with Crippen molar-refractivity contribution in [3.8, 4) is 0 Å². The van der Waals surface area contributed by atoms with Crippen LogP contribution in [0.2, 0.25) is 0 Å². The van der Waals surface area contributed by atoms with Crippen molar-refractivity contribution in [1.82, 2.24) is 10.6 Å². The van der Waals surface area contributed by atoms with Crippen LogP contribution >= 0.6 is 0 Å². The Morgan fingerprint density at radius 1 is 1.35 bits per heavy atom. The largest absolute Gasteiger partial charge is 0.383 e. The molecule has 2 N–H and O–H groups in total. The van der Waals surface area contributed by atoms with E-state index in [0.717, 1.165) is 12.1 Å². The molecule has 2 rings (SSSR count). The summed E-state index contributed by atoms with van der Waals surface area (Å²) >= 11 is 0. The summed E-state index contributed by atoms with van der Waals surface area (Å²) in [5.74, 6) is -1.95. The van der Waals surface area contributed by atoms with Crippen LogP contribution in [0.4, 0.5) is 8.78 Å². The quantitative estimate of drug-likeness (QED) is 0.807. The molecule has 7 heteroatoms. The van der Waals surface area contributed by atoms with E-state index in [1.54, 1.807) is 0 Å². The Kier molecular flexibility index (Phi) is 3.99. The van der Waals surface area contributed by atoms with Gasteiger partial charge in [0.05, 0.1) is 18.7 Å². The Balaban J connectivity index is 2.31. The third-order valence-electron chi connectivity index (χ3n) is 3.08. The van der Waals surface area contributed by atoms with E-state index in [4.69, 9.17) is 4.74 Å². The molecular weight excluding hydrogens is 268 g/mol. The standard InChI is InChI=1S/C13H15F2N3O2/c1-13(10-8(14)4-3-5-9(10)15)11(19)17-12(18-13)16-6-7-20-2/h3-5H,6-7H2,1-2H3,(H2,16,17,18,19). The highest BCUT2D eigenvalue weighted by Gasteiger charge is 2.45. The minimum atomic E-state index is -1.53. The molecule has 0 saturated carbocycles. The number of hydrogen-bond donors (Lipinski definition) is 2. The normalized spacial score (nSPS) is 23.8. The lowest BCUT2D eigenvalue weighted by atomic mass is 9.91. The highest BCUT2D eigenvalue weighted by Crippen LogP contribution is 2.29. The van der Waals surface area contributed by atoms with E-state index in [1.165, 1.54) is 20.1 Å². The predicted octanol–water partition coefficient (Wildman–Crippen LogP) is 0.902. The lowest BCUT2D eigenvalue weighted by molar-refractivity contribution is -0.123. The van der Waals surface area contributed by atoms with E-state index in [9.17, 15) is 13.6 Å². The second-order valence-corrected chi connectivity index (χ2v) is 4.52. The first-order chi connectivity index (χ1) is 9.49. The molecule has 20 heavy (non-hydrogen) atoms. The number of benzene rings is 1. The Morgan fingerprint density at radius 2 is 2.00 bits per heavy atom. The van der Waals surface area contributed by atoms with Crippen LogP contribution in [0.25, 0.3) is 0 Å². The van der Waals surface area contributed by atoms with E-state index in [2.05, 4.69) is 15.6 Å². The summed E-state index contributed by atoms with van der Waals surface area (Å²) in [4.78, 5) is 16.1. The Hall–Kier alpha value is -2.02.